The van der Waals surface area contributed by atoms with E-state index in [1.54, 1.807) is 0 Å². The third-order valence-corrected chi connectivity index (χ3v) is 3.42. The van der Waals surface area contributed by atoms with E-state index in [1.165, 1.54) is 31.2 Å². The molecule has 1 aliphatic rings. The molecule has 0 bridgehead atoms. The van der Waals surface area contributed by atoms with Gasteiger partial charge in [-0.25, -0.2) is 0 Å². The molecule has 18 heavy (non-hydrogen) atoms. The Bertz CT molecular complexity index is 327. The standard InChI is InChI=1S/C16H24O2/c1-2-14-8-10-15(11-9-14)17-12-6-4-3-5-7-16-13-18-16/h8-11,16H,2-7,12-13H2,1H3. The van der Waals surface area contributed by atoms with Crippen LogP contribution in [0.2, 0.25) is 0 Å². The van der Waals surface area contributed by atoms with Crippen molar-refractivity contribution in [3.63, 3.8) is 0 Å². The molecule has 0 spiro atoms. The fourth-order valence-electron chi connectivity index (χ4n) is 2.07. The summed E-state index contributed by atoms with van der Waals surface area (Å²) in [6.45, 7) is 4.00. The van der Waals surface area contributed by atoms with Crippen molar-refractivity contribution in [3.8, 4) is 5.75 Å². The summed E-state index contributed by atoms with van der Waals surface area (Å²) in [7, 11) is 0. The van der Waals surface area contributed by atoms with Crippen molar-refractivity contribution in [1.82, 2.24) is 0 Å². The predicted molar refractivity (Wildman–Crippen MR) is 74.1 cm³/mol. The highest BCUT2D eigenvalue weighted by atomic mass is 16.6. The van der Waals surface area contributed by atoms with Gasteiger partial charge in [0.1, 0.15) is 5.75 Å². The minimum Gasteiger partial charge on any atom is -0.494 e. The predicted octanol–water partition coefficient (Wildman–Crippen LogP) is 3.98. The monoisotopic (exact) mass is 248 g/mol. The van der Waals surface area contributed by atoms with Gasteiger partial charge in [0.15, 0.2) is 0 Å². The van der Waals surface area contributed by atoms with E-state index in [0.29, 0.717) is 6.10 Å². The van der Waals surface area contributed by atoms with Gasteiger partial charge in [-0.2, -0.15) is 0 Å². The van der Waals surface area contributed by atoms with E-state index in [4.69, 9.17) is 9.47 Å². The highest BCUT2D eigenvalue weighted by molar-refractivity contribution is 5.27. The Morgan fingerprint density at radius 2 is 1.83 bits per heavy atom. The van der Waals surface area contributed by atoms with Crippen molar-refractivity contribution in [2.75, 3.05) is 13.2 Å². The maximum absolute atomic E-state index is 5.72. The summed E-state index contributed by atoms with van der Waals surface area (Å²) in [5, 5.41) is 0. The summed E-state index contributed by atoms with van der Waals surface area (Å²) in [5.41, 5.74) is 1.37. The van der Waals surface area contributed by atoms with E-state index in [0.717, 1.165) is 31.8 Å². The molecule has 100 valence electrons. The normalized spacial score (nSPS) is 17.7. The highest BCUT2D eigenvalue weighted by Gasteiger charge is 2.20. The van der Waals surface area contributed by atoms with Gasteiger partial charge < -0.3 is 9.47 Å². The van der Waals surface area contributed by atoms with Crippen LogP contribution in [0.1, 0.15) is 44.6 Å². The zero-order chi connectivity index (χ0) is 12.6. The van der Waals surface area contributed by atoms with Crippen molar-refractivity contribution in [1.29, 1.82) is 0 Å². The van der Waals surface area contributed by atoms with Crippen molar-refractivity contribution >= 4 is 0 Å². The third-order valence-electron chi connectivity index (χ3n) is 3.42. The van der Waals surface area contributed by atoms with Crippen LogP contribution in [-0.4, -0.2) is 19.3 Å². The summed E-state index contributed by atoms with van der Waals surface area (Å²) in [6.07, 6.45) is 7.96. The van der Waals surface area contributed by atoms with Crippen LogP contribution in [0.15, 0.2) is 24.3 Å². The molecular weight excluding hydrogens is 224 g/mol. The lowest BCUT2D eigenvalue weighted by atomic mass is 10.1. The Morgan fingerprint density at radius 3 is 2.50 bits per heavy atom. The number of aryl methyl sites for hydroxylation is 1. The van der Waals surface area contributed by atoms with Crippen LogP contribution >= 0.6 is 0 Å². The average Bonchev–Trinajstić information content (AvgIpc) is 3.22. The molecule has 0 saturated carbocycles. The number of ether oxygens (including phenoxy) is 2. The van der Waals surface area contributed by atoms with Crippen LogP contribution in [0.5, 0.6) is 5.75 Å². The largest absolute Gasteiger partial charge is 0.494 e. The van der Waals surface area contributed by atoms with Gasteiger partial charge in [-0.15, -0.1) is 0 Å². The number of epoxide rings is 1. The second kappa shape index (κ2) is 7.42. The zero-order valence-corrected chi connectivity index (χ0v) is 11.4. The first-order valence-corrected chi connectivity index (χ1v) is 7.22. The molecule has 0 N–H and O–H groups in total. The smallest absolute Gasteiger partial charge is 0.119 e. The topological polar surface area (TPSA) is 21.8 Å². The quantitative estimate of drug-likeness (QED) is 0.487. The van der Waals surface area contributed by atoms with Gasteiger partial charge in [0.2, 0.25) is 0 Å². The van der Waals surface area contributed by atoms with E-state index in [-0.39, 0.29) is 0 Å². The lowest BCUT2D eigenvalue weighted by molar-refractivity contribution is 0.303. The van der Waals surface area contributed by atoms with Gasteiger partial charge in [0.05, 0.1) is 19.3 Å². The van der Waals surface area contributed by atoms with E-state index >= 15 is 0 Å². The van der Waals surface area contributed by atoms with E-state index in [2.05, 4.69) is 31.2 Å². The highest BCUT2D eigenvalue weighted by Crippen LogP contribution is 2.18. The molecule has 0 radical (unpaired) electrons. The number of unbranched alkanes of at least 4 members (excludes halogenated alkanes) is 3. The zero-order valence-electron chi connectivity index (χ0n) is 11.4. The van der Waals surface area contributed by atoms with E-state index < -0.39 is 0 Å². The molecule has 1 aromatic rings. The molecule has 1 saturated heterocycles. The first-order chi connectivity index (χ1) is 8.88. The van der Waals surface area contributed by atoms with Gasteiger partial charge in [-0.3, -0.25) is 0 Å². The fourth-order valence-corrected chi connectivity index (χ4v) is 2.07. The summed E-state index contributed by atoms with van der Waals surface area (Å²) < 4.78 is 10.9. The molecule has 2 nitrogen and oxygen atoms in total. The molecule has 1 atom stereocenters. The van der Waals surface area contributed by atoms with Crippen molar-refractivity contribution in [2.45, 2.75) is 51.6 Å². The second-order valence-corrected chi connectivity index (χ2v) is 5.00. The van der Waals surface area contributed by atoms with Crippen LogP contribution in [0.4, 0.5) is 0 Å². The number of benzene rings is 1. The summed E-state index contributed by atoms with van der Waals surface area (Å²) in [5.74, 6) is 0.999. The summed E-state index contributed by atoms with van der Waals surface area (Å²) >= 11 is 0. The van der Waals surface area contributed by atoms with Crippen LogP contribution in [-0.2, 0) is 11.2 Å². The molecule has 0 aliphatic carbocycles. The summed E-state index contributed by atoms with van der Waals surface area (Å²) in [4.78, 5) is 0. The van der Waals surface area contributed by atoms with Gasteiger partial charge in [0, 0.05) is 0 Å². The van der Waals surface area contributed by atoms with Crippen molar-refractivity contribution in [2.24, 2.45) is 0 Å². The lowest BCUT2D eigenvalue weighted by Gasteiger charge is -2.06. The summed E-state index contributed by atoms with van der Waals surface area (Å²) in [6, 6.07) is 8.43. The first-order valence-electron chi connectivity index (χ1n) is 7.22. The number of hydrogen-bond acceptors (Lipinski definition) is 2. The molecule has 0 amide bonds. The maximum atomic E-state index is 5.72. The fraction of sp³-hybridized carbons (Fsp3) is 0.625. The number of rotatable bonds is 9. The molecule has 2 rings (SSSR count). The molecule has 1 heterocycles. The van der Waals surface area contributed by atoms with Gasteiger partial charge in [0.25, 0.3) is 0 Å². The minimum atomic E-state index is 0.596. The van der Waals surface area contributed by atoms with Crippen molar-refractivity contribution < 1.29 is 9.47 Å². The van der Waals surface area contributed by atoms with Crippen LogP contribution < -0.4 is 4.74 Å². The van der Waals surface area contributed by atoms with Crippen LogP contribution in [0.3, 0.4) is 0 Å². The maximum Gasteiger partial charge on any atom is 0.119 e. The molecule has 1 aliphatic heterocycles. The minimum absolute atomic E-state index is 0.596. The number of hydrogen-bond donors (Lipinski definition) is 0. The van der Waals surface area contributed by atoms with Gasteiger partial charge >= 0.3 is 0 Å². The van der Waals surface area contributed by atoms with Crippen LogP contribution in [0, 0.1) is 0 Å². The van der Waals surface area contributed by atoms with Gasteiger partial charge in [-0.1, -0.05) is 38.3 Å². The molecular formula is C16H24O2. The van der Waals surface area contributed by atoms with E-state index in [1.807, 2.05) is 0 Å². The Morgan fingerprint density at radius 1 is 1.11 bits per heavy atom. The average molecular weight is 248 g/mol. The Kier molecular flexibility index (Phi) is 5.53. The molecule has 1 aromatic carbocycles. The SMILES string of the molecule is CCc1ccc(OCCCCCCC2CO2)cc1. The third kappa shape index (κ3) is 5.09. The Labute approximate surface area is 110 Å². The lowest BCUT2D eigenvalue weighted by Crippen LogP contribution is -1.97. The molecule has 0 aromatic heterocycles. The van der Waals surface area contributed by atoms with E-state index in [9.17, 15) is 0 Å². The Hall–Kier alpha value is -1.02. The molecule has 1 fully saturated rings. The van der Waals surface area contributed by atoms with Crippen LogP contribution in [0.25, 0.3) is 0 Å². The van der Waals surface area contributed by atoms with Crippen molar-refractivity contribution in [3.05, 3.63) is 29.8 Å². The Balaban J connectivity index is 1.48. The van der Waals surface area contributed by atoms with Gasteiger partial charge in [-0.05, 0) is 37.0 Å². The first kappa shape index (κ1) is 13.4. The second-order valence-electron chi connectivity index (χ2n) is 5.00. The molecule has 1 unspecified atom stereocenters. The molecule has 2 heteroatoms.